The second-order valence-corrected chi connectivity index (χ2v) is 5.07. The Hall–Kier alpha value is -2.08. The zero-order valence-corrected chi connectivity index (χ0v) is 12.3. The Labute approximate surface area is 124 Å². The summed E-state index contributed by atoms with van der Waals surface area (Å²) in [7, 11) is 1.58. The standard InChI is InChI=1S/C15H22N2O4/c1-11(18)10-17(2)15(21)16-13(8-9-14(19)20)12-6-4-3-5-7-12/h3-7,11,13,18H,8-10H2,1-2H3,(H,16,21)(H,19,20). The minimum atomic E-state index is -0.900. The van der Waals surface area contributed by atoms with E-state index in [1.807, 2.05) is 30.3 Å². The number of aliphatic hydroxyl groups is 1. The maximum Gasteiger partial charge on any atom is 0.317 e. The second-order valence-electron chi connectivity index (χ2n) is 5.07. The largest absolute Gasteiger partial charge is 0.481 e. The molecule has 0 heterocycles. The maximum absolute atomic E-state index is 12.1. The normalized spacial score (nSPS) is 13.3. The fourth-order valence-electron chi connectivity index (χ4n) is 2.01. The van der Waals surface area contributed by atoms with Crippen LogP contribution in [-0.4, -0.2) is 46.8 Å². The number of aliphatic hydroxyl groups excluding tert-OH is 1. The number of aliphatic carboxylic acids is 1. The van der Waals surface area contributed by atoms with Gasteiger partial charge in [-0.05, 0) is 18.9 Å². The summed E-state index contributed by atoms with van der Waals surface area (Å²) in [5.41, 5.74) is 0.859. The van der Waals surface area contributed by atoms with E-state index in [1.165, 1.54) is 4.90 Å². The third kappa shape index (κ3) is 6.27. The number of carboxylic acids is 1. The molecule has 0 fully saturated rings. The van der Waals surface area contributed by atoms with Crippen LogP contribution >= 0.6 is 0 Å². The molecule has 116 valence electrons. The van der Waals surface area contributed by atoms with Gasteiger partial charge in [0.2, 0.25) is 0 Å². The fourth-order valence-corrected chi connectivity index (χ4v) is 2.01. The molecule has 0 aliphatic carbocycles. The number of likely N-dealkylation sites (N-methyl/N-ethyl adjacent to an activating group) is 1. The molecule has 6 heteroatoms. The van der Waals surface area contributed by atoms with E-state index in [9.17, 15) is 14.7 Å². The first-order valence-corrected chi connectivity index (χ1v) is 6.86. The second kappa shape index (κ2) is 8.26. The van der Waals surface area contributed by atoms with Gasteiger partial charge in [0.05, 0.1) is 12.1 Å². The van der Waals surface area contributed by atoms with Gasteiger partial charge in [-0.3, -0.25) is 4.79 Å². The maximum atomic E-state index is 12.1. The molecular weight excluding hydrogens is 272 g/mol. The minimum Gasteiger partial charge on any atom is -0.481 e. The number of carboxylic acid groups (broad SMARTS) is 1. The van der Waals surface area contributed by atoms with Crippen LogP contribution in [0.25, 0.3) is 0 Å². The van der Waals surface area contributed by atoms with E-state index in [-0.39, 0.29) is 25.0 Å². The van der Waals surface area contributed by atoms with Crippen LogP contribution < -0.4 is 5.32 Å². The Morgan fingerprint density at radius 3 is 2.43 bits per heavy atom. The van der Waals surface area contributed by atoms with Gasteiger partial charge in [-0.25, -0.2) is 4.79 Å². The van der Waals surface area contributed by atoms with Crippen molar-refractivity contribution < 1.29 is 19.8 Å². The highest BCUT2D eigenvalue weighted by atomic mass is 16.4. The molecule has 2 atom stereocenters. The van der Waals surface area contributed by atoms with Crippen molar-refractivity contribution in [2.45, 2.75) is 31.9 Å². The number of amides is 2. The highest BCUT2D eigenvalue weighted by Crippen LogP contribution is 2.18. The molecule has 1 rings (SSSR count). The lowest BCUT2D eigenvalue weighted by Gasteiger charge is -2.24. The number of urea groups is 1. The SMILES string of the molecule is CC(O)CN(C)C(=O)NC(CCC(=O)O)c1ccccc1. The van der Waals surface area contributed by atoms with Gasteiger partial charge in [0.1, 0.15) is 0 Å². The molecule has 6 nitrogen and oxygen atoms in total. The van der Waals surface area contributed by atoms with Crippen LogP contribution in [0.2, 0.25) is 0 Å². The zero-order valence-electron chi connectivity index (χ0n) is 12.3. The number of carbonyl (C=O) groups excluding carboxylic acids is 1. The first kappa shape index (κ1) is 17.0. The summed E-state index contributed by atoms with van der Waals surface area (Å²) in [6.07, 6.45) is -0.331. The van der Waals surface area contributed by atoms with Gasteiger partial charge in [0.25, 0.3) is 0 Å². The van der Waals surface area contributed by atoms with Crippen LogP contribution in [-0.2, 0) is 4.79 Å². The third-order valence-electron chi connectivity index (χ3n) is 3.03. The van der Waals surface area contributed by atoms with E-state index in [4.69, 9.17) is 5.11 Å². The van der Waals surface area contributed by atoms with Crippen molar-refractivity contribution in [3.63, 3.8) is 0 Å². The molecular formula is C15H22N2O4. The molecule has 1 aromatic carbocycles. The summed E-state index contributed by atoms with van der Waals surface area (Å²) in [6, 6.07) is 8.53. The molecule has 0 spiro atoms. The number of rotatable bonds is 7. The predicted molar refractivity (Wildman–Crippen MR) is 78.9 cm³/mol. The van der Waals surface area contributed by atoms with Crippen molar-refractivity contribution in [1.82, 2.24) is 10.2 Å². The molecule has 0 radical (unpaired) electrons. The van der Waals surface area contributed by atoms with Crippen molar-refractivity contribution in [1.29, 1.82) is 0 Å². The highest BCUT2D eigenvalue weighted by molar-refractivity contribution is 5.74. The van der Waals surface area contributed by atoms with E-state index in [1.54, 1.807) is 14.0 Å². The molecule has 0 aliphatic rings. The van der Waals surface area contributed by atoms with Gasteiger partial charge in [-0.15, -0.1) is 0 Å². The van der Waals surface area contributed by atoms with Crippen molar-refractivity contribution in [3.05, 3.63) is 35.9 Å². The van der Waals surface area contributed by atoms with Gasteiger partial charge in [-0.1, -0.05) is 30.3 Å². The smallest absolute Gasteiger partial charge is 0.317 e. The van der Waals surface area contributed by atoms with E-state index >= 15 is 0 Å². The lowest BCUT2D eigenvalue weighted by molar-refractivity contribution is -0.137. The molecule has 0 aromatic heterocycles. The molecule has 0 aliphatic heterocycles. The first-order valence-electron chi connectivity index (χ1n) is 6.86. The zero-order chi connectivity index (χ0) is 15.8. The van der Waals surface area contributed by atoms with E-state index in [0.29, 0.717) is 6.42 Å². The van der Waals surface area contributed by atoms with Crippen molar-refractivity contribution in [2.75, 3.05) is 13.6 Å². The van der Waals surface area contributed by atoms with Gasteiger partial charge in [0, 0.05) is 20.0 Å². The van der Waals surface area contributed by atoms with Crippen LogP contribution in [0.15, 0.2) is 30.3 Å². The van der Waals surface area contributed by atoms with Crippen LogP contribution in [0.4, 0.5) is 4.79 Å². The highest BCUT2D eigenvalue weighted by Gasteiger charge is 2.18. The van der Waals surface area contributed by atoms with E-state index < -0.39 is 12.1 Å². The first-order chi connectivity index (χ1) is 9.90. The molecule has 2 amide bonds. The Morgan fingerprint density at radius 2 is 1.90 bits per heavy atom. The summed E-state index contributed by atoms with van der Waals surface area (Å²) >= 11 is 0. The Morgan fingerprint density at radius 1 is 1.29 bits per heavy atom. The van der Waals surface area contributed by atoms with E-state index in [2.05, 4.69) is 5.32 Å². The predicted octanol–water partition coefficient (Wildman–Crippen LogP) is 1.61. The average molecular weight is 294 g/mol. The number of hydrogen-bond acceptors (Lipinski definition) is 3. The number of benzene rings is 1. The molecule has 0 bridgehead atoms. The monoisotopic (exact) mass is 294 g/mol. The molecule has 1 aromatic rings. The Kier molecular flexibility index (Phi) is 6.68. The molecule has 21 heavy (non-hydrogen) atoms. The van der Waals surface area contributed by atoms with Crippen LogP contribution in [0.3, 0.4) is 0 Å². The summed E-state index contributed by atoms with van der Waals surface area (Å²) in [4.78, 5) is 24.2. The number of hydrogen-bond donors (Lipinski definition) is 3. The topological polar surface area (TPSA) is 89.9 Å². The number of nitrogens with zero attached hydrogens (tertiary/aromatic N) is 1. The number of carbonyl (C=O) groups is 2. The van der Waals surface area contributed by atoms with Crippen LogP contribution in [0, 0.1) is 0 Å². The molecule has 0 saturated heterocycles. The molecule has 0 saturated carbocycles. The summed E-state index contributed by atoms with van der Waals surface area (Å²) in [5, 5.41) is 20.9. The third-order valence-corrected chi connectivity index (χ3v) is 3.03. The lowest BCUT2D eigenvalue weighted by atomic mass is 10.0. The summed E-state index contributed by atoms with van der Waals surface area (Å²) < 4.78 is 0. The van der Waals surface area contributed by atoms with Gasteiger partial charge in [-0.2, -0.15) is 0 Å². The van der Waals surface area contributed by atoms with E-state index in [0.717, 1.165) is 5.56 Å². The molecule has 2 unspecified atom stereocenters. The van der Waals surface area contributed by atoms with Crippen LogP contribution in [0.1, 0.15) is 31.4 Å². The van der Waals surface area contributed by atoms with Crippen molar-refractivity contribution in [2.24, 2.45) is 0 Å². The van der Waals surface area contributed by atoms with Gasteiger partial charge >= 0.3 is 12.0 Å². The minimum absolute atomic E-state index is 0.0278. The quantitative estimate of drug-likeness (QED) is 0.712. The van der Waals surface area contributed by atoms with Crippen molar-refractivity contribution in [3.8, 4) is 0 Å². The fraction of sp³-hybridized carbons (Fsp3) is 0.467. The van der Waals surface area contributed by atoms with Gasteiger partial charge < -0.3 is 20.4 Å². The lowest BCUT2D eigenvalue weighted by Crippen LogP contribution is -2.42. The summed E-state index contributed by atoms with van der Waals surface area (Å²) in [5.74, 6) is -0.900. The van der Waals surface area contributed by atoms with Gasteiger partial charge in [0.15, 0.2) is 0 Å². The Bertz CT molecular complexity index is 462. The molecule has 3 N–H and O–H groups in total. The van der Waals surface area contributed by atoms with Crippen LogP contribution in [0.5, 0.6) is 0 Å². The average Bonchev–Trinajstić information content (AvgIpc) is 2.43. The Balaban J connectivity index is 2.73. The summed E-state index contributed by atoms with van der Waals surface area (Å²) in [6.45, 7) is 1.81. The number of nitrogens with one attached hydrogen (secondary N) is 1. The van der Waals surface area contributed by atoms with Crippen molar-refractivity contribution >= 4 is 12.0 Å².